The van der Waals surface area contributed by atoms with Gasteiger partial charge in [0.1, 0.15) is 0 Å². The monoisotopic (exact) mass is 389 g/mol. The number of carbonyl (C=O) groups excluding carboxylic acids is 1. The van der Waals surface area contributed by atoms with Gasteiger partial charge in [0.05, 0.1) is 4.92 Å². The molecule has 0 saturated carbocycles. The molecule has 3 rings (SSSR count). The number of nitro benzene ring substituents is 1. The second-order valence-corrected chi connectivity index (χ2v) is 6.77. The summed E-state index contributed by atoms with van der Waals surface area (Å²) in [6, 6.07) is 20.3. The lowest BCUT2D eigenvalue weighted by atomic mass is 9.90. The van der Waals surface area contributed by atoms with Crippen molar-refractivity contribution in [2.75, 3.05) is 0 Å². The minimum atomic E-state index is -0.437. The van der Waals surface area contributed by atoms with Gasteiger partial charge in [-0.05, 0) is 29.7 Å². The Bertz CT molecular complexity index is 972. The number of nitrogens with zero attached hydrogens (tertiary/aromatic N) is 2. The van der Waals surface area contributed by atoms with Crippen molar-refractivity contribution in [1.82, 2.24) is 10.3 Å². The van der Waals surface area contributed by atoms with Gasteiger partial charge >= 0.3 is 0 Å². The molecule has 3 aromatic rings. The third-order valence-corrected chi connectivity index (χ3v) is 4.89. The van der Waals surface area contributed by atoms with E-state index in [4.69, 9.17) is 0 Å². The average Bonchev–Trinajstić information content (AvgIpc) is 2.77. The maximum atomic E-state index is 12.7. The zero-order chi connectivity index (χ0) is 20.6. The molecule has 0 aliphatic heterocycles. The van der Waals surface area contributed by atoms with E-state index in [0.29, 0.717) is 5.56 Å². The van der Waals surface area contributed by atoms with Crippen LogP contribution in [-0.2, 0) is 17.8 Å². The lowest BCUT2D eigenvalue weighted by Crippen LogP contribution is -2.25. The molecule has 1 heterocycles. The molecule has 0 aliphatic carbocycles. The molecular formula is C23H23N3O3. The second-order valence-electron chi connectivity index (χ2n) is 6.77. The second kappa shape index (κ2) is 9.59. The minimum Gasteiger partial charge on any atom is -0.352 e. The predicted octanol–water partition coefficient (Wildman–Crippen LogP) is 4.39. The Morgan fingerprint density at radius 2 is 1.79 bits per heavy atom. The van der Waals surface area contributed by atoms with Crippen LogP contribution in [0.1, 0.15) is 41.6 Å². The Morgan fingerprint density at radius 1 is 1.07 bits per heavy atom. The molecule has 0 saturated heterocycles. The SMILES string of the molecule is CCc1ccc(C(CC(=O)NCc2ccccc2[N+](=O)[O-])c2ccccn2)cc1. The highest BCUT2D eigenvalue weighted by Gasteiger charge is 2.20. The summed E-state index contributed by atoms with van der Waals surface area (Å²) in [4.78, 5) is 27.8. The van der Waals surface area contributed by atoms with Crippen molar-refractivity contribution >= 4 is 11.6 Å². The summed E-state index contributed by atoms with van der Waals surface area (Å²) < 4.78 is 0. The van der Waals surface area contributed by atoms with Gasteiger partial charge in [-0.2, -0.15) is 0 Å². The fourth-order valence-electron chi connectivity index (χ4n) is 3.25. The number of rotatable bonds is 8. The first-order valence-electron chi connectivity index (χ1n) is 9.57. The van der Waals surface area contributed by atoms with Gasteiger partial charge < -0.3 is 5.32 Å². The van der Waals surface area contributed by atoms with E-state index >= 15 is 0 Å². The average molecular weight is 389 g/mol. The molecule has 0 spiro atoms. The first kappa shape index (κ1) is 20.2. The van der Waals surface area contributed by atoms with Gasteiger partial charge in [-0.1, -0.05) is 55.5 Å². The summed E-state index contributed by atoms with van der Waals surface area (Å²) in [7, 11) is 0. The molecule has 6 heteroatoms. The first-order chi connectivity index (χ1) is 14.1. The van der Waals surface area contributed by atoms with Crippen LogP contribution in [0.5, 0.6) is 0 Å². The summed E-state index contributed by atoms with van der Waals surface area (Å²) in [5.74, 6) is -0.369. The molecule has 2 aromatic carbocycles. The maximum Gasteiger partial charge on any atom is 0.274 e. The highest BCUT2D eigenvalue weighted by atomic mass is 16.6. The molecule has 0 fully saturated rings. The molecule has 6 nitrogen and oxygen atoms in total. The third kappa shape index (κ3) is 5.25. The lowest BCUT2D eigenvalue weighted by Gasteiger charge is -2.17. The summed E-state index contributed by atoms with van der Waals surface area (Å²) in [6.45, 7) is 2.21. The van der Waals surface area contributed by atoms with Crippen molar-refractivity contribution in [1.29, 1.82) is 0 Å². The van der Waals surface area contributed by atoms with Gasteiger partial charge in [0.15, 0.2) is 0 Å². The molecule has 0 radical (unpaired) electrons. The Hall–Kier alpha value is -3.54. The molecule has 1 atom stereocenters. The zero-order valence-corrected chi connectivity index (χ0v) is 16.2. The molecule has 148 valence electrons. The van der Waals surface area contributed by atoms with Crippen molar-refractivity contribution in [3.63, 3.8) is 0 Å². The number of nitro groups is 1. The Kier molecular flexibility index (Phi) is 6.68. The van der Waals surface area contributed by atoms with Crippen LogP contribution < -0.4 is 5.32 Å². The number of pyridine rings is 1. The van der Waals surface area contributed by atoms with Crippen molar-refractivity contribution < 1.29 is 9.72 Å². The maximum absolute atomic E-state index is 12.7. The number of aryl methyl sites for hydroxylation is 1. The Labute approximate surface area is 169 Å². The summed E-state index contributed by atoms with van der Waals surface area (Å²) >= 11 is 0. The zero-order valence-electron chi connectivity index (χ0n) is 16.2. The van der Waals surface area contributed by atoms with Crippen LogP contribution in [0.2, 0.25) is 0 Å². The molecule has 1 unspecified atom stereocenters. The quantitative estimate of drug-likeness (QED) is 0.457. The normalized spacial score (nSPS) is 11.6. The number of nitrogens with one attached hydrogen (secondary N) is 1. The smallest absolute Gasteiger partial charge is 0.274 e. The van der Waals surface area contributed by atoms with Crippen LogP contribution >= 0.6 is 0 Å². The van der Waals surface area contributed by atoms with Gasteiger partial charge in [0, 0.05) is 42.4 Å². The molecule has 0 aliphatic rings. The number of carbonyl (C=O) groups is 1. The highest BCUT2D eigenvalue weighted by molar-refractivity contribution is 5.77. The predicted molar refractivity (Wildman–Crippen MR) is 111 cm³/mol. The minimum absolute atomic E-state index is 0.00392. The van der Waals surface area contributed by atoms with E-state index in [2.05, 4.69) is 29.4 Å². The molecule has 1 N–H and O–H groups in total. The summed E-state index contributed by atoms with van der Waals surface area (Å²) in [6.07, 6.45) is 2.88. The number of hydrogen-bond acceptors (Lipinski definition) is 4. The molecule has 1 aromatic heterocycles. The number of para-hydroxylation sites is 1. The van der Waals surface area contributed by atoms with E-state index in [1.165, 1.54) is 11.6 Å². The van der Waals surface area contributed by atoms with Gasteiger partial charge in [-0.15, -0.1) is 0 Å². The van der Waals surface area contributed by atoms with Gasteiger partial charge in [0.25, 0.3) is 5.69 Å². The van der Waals surface area contributed by atoms with Gasteiger partial charge in [0.2, 0.25) is 5.91 Å². The van der Waals surface area contributed by atoms with Crippen LogP contribution in [0, 0.1) is 10.1 Å². The van der Waals surface area contributed by atoms with Crippen LogP contribution in [0.4, 0.5) is 5.69 Å². The third-order valence-electron chi connectivity index (χ3n) is 4.89. The molecule has 1 amide bonds. The van der Waals surface area contributed by atoms with Gasteiger partial charge in [-0.3, -0.25) is 19.9 Å². The number of hydrogen-bond donors (Lipinski definition) is 1. The molecule has 29 heavy (non-hydrogen) atoms. The molecule has 0 bridgehead atoms. The fraction of sp³-hybridized carbons (Fsp3) is 0.217. The standard InChI is InChI=1S/C23H23N3O3/c1-2-17-10-12-18(13-11-17)20(21-8-5-6-14-24-21)15-23(27)25-16-19-7-3-4-9-22(19)26(28)29/h3-14,20H,2,15-16H2,1H3,(H,25,27). The van der Waals surface area contributed by atoms with E-state index in [-0.39, 0.29) is 30.5 Å². The van der Waals surface area contributed by atoms with Crippen molar-refractivity contribution in [3.8, 4) is 0 Å². The Morgan fingerprint density at radius 3 is 2.45 bits per heavy atom. The van der Waals surface area contributed by atoms with Crippen LogP contribution in [0.3, 0.4) is 0 Å². The van der Waals surface area contributed by atoms with Crippen molar-refractivity contribution in [3.05, 3.63) is 105 Å². The molecular weight excluding hydrogens is 366 g/mol. The summed E-state index contributed by atoms with van der Waals surface area (Å²) in [5, 5.41) is 14.0. The van der Waals surface area contributed by atoms with E-state index in [1.807, 2.05) is 30.3 Å². The topological polar surface area (TPSA) is 85.1 Å². The fourth-order valence-corrected chi connectivity index (χ4v) is 3.25. The van der Waals surface area contributed by atoms with Gasteiger partial charge in [-0.25, -0.2) is 0 Å². The van der Waals surface area contributed by atoms with E-state index in [1.54, 1.807) is 24.4 Å². The van der Waals surface area contributed by atoms with Crippen LogP contribution in [0.15, 0.2) is 72.9 Å². The Balaban J connectivity index is 1.75. The largest absolute Gasteiger partial charge is 0.352 e. The highest BCUT2D eigenvalue weighted by Crippen LogP contribution is 2.27. The van der Waals surface area contributed by atoms with Crippen molar-refractivity contribution in [2.24, 2.45) is 0 Å². The lowest BCUT2D eigenvalue weighted by molar-refractivity contribution is -0.385. The number of aromatic nitrogens is 1. The first-order valence-corrected chi connectivity index (χ1v) is 9.57. The number of amides is 1. The number of benzene rings is 2. The van der Waals surface area contributed by atoms with Crippen LogP contribution in [0.25, 0.3) is 0 Å². The van der Waals surface area contributed by atoms with E-state index < -0.39 is 4.92 Å². The van der Waals surface area contributed by atoms with E-state index in [0.717, 1.165) is 17.7 Å². The van der Waals surface area contributed by atoms with Crippen LogP contribution in [-0.4, -0.2) is 15.8 Å². The van der Waals surface area contributed by atoms with Crippen molar-refractivity contribution in [2.45, 2.75) is 32.2 Å². The summed E-state index contributed by atoms with van der Waals surface area (Å²) in [5.41, 5.74) is 3.55. The van der Waals surface area contributed by atoms with E-state index in [9.17, 15) is 14.9 Å².